The van der Waals surface area contributed by atoms with E-state index in [-0.39, 0.29) is 5.88 Å². The van der Waals surface area contributed by atoms with Gasteiger partial charge in [0.2, 0.25) is 5.88 Å². The molecular formula is C15H12ClN3O. The first kappa shape index (κ1) is 12.7. The normalized spacial score (nSPS) is 11.5. The molecule has 3 rings (SSSR count). The van der Waals surface area contributed by atoms with Crippen LogP contribution in [0.1, 0.15) is 5.56 Å². The van der Waals surface area contributed by atoms with Crippen LogP contribution >= 0.6 is 11.6 Å². The third-order valence-corrected chi connectivity index (χ3v) is 3.31. The summed E-state index contributed by atoms with van der Waals surface area (Å²) in [6, 6.07) is 12.9. The van der Waals surface area contributed by atoms with Gasteiger partial charge in [-0.25, -0.2) is 0 Å². The van der Waals surface area contributed by atoms with Gasteiger partial charge in [0.1, 0.15) is 0 Å². The maximum atomic E-state index is 9.90. The Morgan fingerprint density at radius 3 is 2.70 bits per heavy atom. The van der Waals surface area contributed by atoms with Crippen molar-refractivity contribution in [2.75, 3.05) is 0 Å². The van der Waals surface area contributed by atoms with Crippen LogP contribution < -0.4 is 0 Å². The van der Waals surface area contributed by atoms with Gasteiger partial charge in [-0.2, -0.15) is 5.11 Å². The quantitative estimate of drug-likeness (QED) is 0.621. The first-order valence-corrected chi connectivity index (χ1v) is 6.50. The van der Waals surface area contributed by atoms with E-state index in [1.165, 1.54) is 0 Å². The summed E-state index contributed by atoms with van der Waals surface area (Å²) in [4.78, 5) is 2.87. The highest BCUT2D eigenvalue weighted by Crippen LogP contribution is 2.36. The van der Waals surface area contributed by atoms with E-state index in [0.29, 0.717) is 10.7 Å². The Bertz CT molecular complexity index is 808. The number of rotatable bonds is 2. The van der Waals surface area contributed by atoms with Crippen molar-refractivity contribution in [2.45, 2.75) is 6.92 Å². The van der Waals surface area contributed by atoms with Gasteiger partial charge in [-0.15, -0.1) is 5.11 Å². The minimum Gasteiger partial charge on any atom is -0.493 e. The largest absolute Gasteiger partial charge is 0.493 e. The number of aromatic amines is 1. The van der Waals surface area contributed by atoms with E-state index in [1.54, 1.807) is 12.1 Å². The molecule has 0 fully saturated rings. The van der Waals surface area contributed by atoms with Crippen molar-refractivity contribution in [1.82, 2.24) is 4.98 Å². The van der Waals surface area contributed by atoms with Crippen molar-refractivity contribution in [1.29, 1.82) is 0 Å². The lowest BCUT2D eigenvalue weighted by Crippen LogP contribution is -1.73. The smallest absolute Gasteiger partial charge is 0.218 e. The molecule has 100 valence electrons. The van der Waals surface area contributed by atoms with Gasteiger partial charge in [0.15, 0.2) is 5.69 Å². The number of aryl methyl sites for hydroxylation is 1. The summed E-state index contributed by atoms with van der Waals surface area (Å²) in [6.07, 6.45) is 0. The number of nitrogens with one attached hydrogen (secondary N) is 1. The van der Waals surface area contributed by atoms with E-state index in [4.69, 9.17) is 11.6 Å². The van der Waals surface area contributed by atoms with Crippen LogP contribution in [0.3, 0.4) is 0 Å². The van der Waals surface area contributed by atoms with Crippen molar-refractivity contribution in [3.63, 3.8) is 0 Å². The molecule has 0 aliphatic rings. The fourth-order valence-electron chi connectivity index (χ4n) is 2.05. The van der Waals surface area contributed by atoms with E-state index in [1.807, 2.05) is 37.3 Å². The van der Waals surface area contributed by atoms with Crippen molar-refractivity contribution < 1.29 is 5.11 Å². The zero-order valence-corrected chi connectivity index (χ0v) is 11.5. The molecule has 1 aromatic heterocycles. The lowest BCUT2D eigenvalue weighted by molar-refractivity contribution is 0.459. The molecule has 0 atom stereocenters. The standard InChI is InChI=1S/C15H12ClN3O/c1-9-8-10(16)6-7-12(9)18-19-14-11-4-2-3-5-13(11)17-15(14)20/h2-8,17,20H,1H3. The monoisotopic (exact) mass is 285 g/mol. The van der Waals surface area contributed by atoms with Gasteiger partial charge in [0, 0.05) is 10.4 Å². The Morgan fingerprint density at radius 1 is 1.10 bits per heavy atom. The summed E-state index contributed by atoms with van der Waals surface area (Å²) >= 11 is 5.90. The number of hydrogen-bond donors (Lipinski definition) is 2. The topological polar surface area (TPSA) is 60.7 Å². The fraction of sp³-hybridized carbons (Fsp3) is 0.0667. The van der Waals surface area contributed by atoms with Crippen molar-refractivity contribution >= 4 is 33.9 Å². The van der Waals surface area contributed by atoms with Crippen molar-refractivity contribution in [3.8, 4) is 5.88 Å². The summed E-state index contributed by atoms with van der Waals surface area (Å²) in [7, 11) is 0. The van der Waals surface area contributed by atoms with Gasteiger partial charge in [-0.1, -0.05) is 29.8 Å². The molecule has 20 heavy (non-hydrogen) atoms. The summed E-state index contributed by atoms with van der Waals surface area (Å²) < 4.78 is 0. The Labute approximate surface area is 120 Å². The number of aromatic hydroxyl groups is 1. The number of aromatic nitrogens is 1. The number of nitrogens with zero attached hydrogens (tertiary/aromatic N) is 2. The second-order valence-electron chi connectivity index (χ2n) is 4.50. The average Bonchev–Trinajstić information content (AvgIpc) is 2.74. The second kappa shape index (κ2) is 4.98. The highest BCUT2D eigenvalue weighted by atomic mass is 35.5. The van der Waals surface area contributed by atoms with Crippen LogP contribution in [0.15, 0.2) is 52.7 Å². The summed E-state index contributed by atoms with van der Waals surface area (Å²) in [6.45, 7) is 1.91. The highest BCUT2D eigenvalue weighted by Gasteiger charge is 2.09. The number of azo groups is 1. The van der Waals surface area contributed by atoms with E-state index >= 15 is 0 Å². The van der Waals surface area contributed by atoms with Crippen molar-refractivity contribution in [2.24, 2.45) is 10.2 Å². The molecule has 4 nitrogen and oxygen atoms in total. The fourth-order valence-corrected chi connectivity index (χ4v) is 2.28. The first-order chi connectivity index (χ1) is 9.65. The Kier molecular flexibility index (Phi) is 3.16. The summed E-state index contributed by atoms with van der Waals surface area (Å²) in [5.74, 6) is 0.0153. The molecule has 0 saturated heterocycles. The SMILES string of the molecule is Cc1cc(Cl)ccc1N=Nc1c(O)[nH]c2ccccc12. The van der Waals surface area contributed by atoms with Crippen LogP contribution in [0.4, 0.5) is 11.4 Å². The number of H-pyrrole nitrogens is 1. The Balaban J connectivity index is 2.04. The van der Waals surface area contributed by atoms with Gasteiger partial charge >= 0.3 is 0 Å². The maximum absolute atomic E-state index is 9.90. The molecule has 0 unspecified atom stereocenters. The molecule has 2 aromatic carbocycles. The Hall–Kier alpha value is -2.33. The van der Waals surface area contributed by atoms with Gasteiger partial charge in [0.05, 0.1) is 11.2 Å². The van der Waals surface area contributed by atoms with E-state index in [9.17, 15) is 5.11 Å². The second-order valence-corrected chi connectivity index (χ2v) is 4.94. The van der Waals surface area contributed by atoms with E-state index in [2.05, 4.69) is 15.2 Å². The van der Waals surface area contributed by atoms with Gasteiger partial charge < -0.3 is 10.1 Å². The van der Waals surface area contributed by atoms with Crippen LogP contribution in [0.2, 0.25) is 5.02 Å². The number of para-hydroxylation sites is 1. The number of benzene rings is 2. The maximum Gasteiger partial charge on any atom is 0.218 e. The highest BCUT2D eigenvalue weighted by molar-refractivity contribution is 6.30. The molecule has 0 spiro atoms. The van der Waals surface area contributed by atoms with Gasteiger partial charge in [0.25, 0.3) is 0 Å². The van der Waals surface area contributed by atoms with Crippen molar-refractivity contribution in [3.05, 3.63) is 53.1 Å². The molecule has 0 saturated carbocycles. The zero-order valence-electron chi connectivity index (χ0n) is 10.8. The average molecular weight is 286 g/mol. The summed E-state index contributed by atoms with van der Waals surface area (Å²) in [5, 5.41) is 19.7. The van der Waals surface area contributed by atoms with Crippen LogP contribution in [-0.4, -0.2) is 10.1 Å². The minimum absolute atomic E-state index is 0.0153. The molecule has 0 aliphatic carbocycles. The zero-order chi connectivity index (χ0) is 14.1. The molecule has 1 heterocycles. The number of fused-ring (bicyclic) bond motifs is 1. The van der Waals surface area contributed by atoms with E-state index in [0.717, 1.165) is 22.2 Å². The number of halogens is 1. The lowest BCUT2D eigenvalue weighted by atomic mass is 10.2. The number of hydrogen-bond acceptors (Lipinski definition) is 3. The van der Waals surface area contributed by atoms with Crippen LogP contribution in [0, 0.1) is 6.92 Å². The lowest BCUT2D eigenvalue weighted by Gasteiger charge is -1.98. The predicted molar refractivity (Wildman–Crippen MR) is 80.3 cm³/mol. The molecule has 0 radical (unpaired) electrons. The third-order valence-electron chi connectivity index (χ3n) is 3.08. The van der Waals surface area contributed by atoms with Crippen LogP contribution in [0.5, 0.6) is 5.88 Å². The molecule has 2 N–H and O–H groups in total. The minimum atomic E-state index is 0.0153. The molecule has 0 amide bonds. The van der Waals surface area contributed by atoms with E-state index < -0.39 is 0 Å². The molecule has 0 bridgehead atoms. The molecule has 0 aliphatic heterocycles. The summed E-state index contributed by atoms with van der Waals surface area (Å²) in [5.41, 5.74) is 2.92. The van der Waals surface area contributed by atoms with Crippen LogP contribution in [-0.2, 0) is 0 Å². The van der Waals surface area contributed by atoms with Crippen LogP contribution in [0.25, 0.3) is 10.9 Å². The molecular weight excluding hydrogens is 274 g/mol. The predicted octanol–water partition coefficient (Wildman–Crippen LogP) is 5.25. The first-order valence-electron chi connectivity index (χ1n) is 6.13. The van der Waals surface area contributed by atoms with Gasteiger partial charge in [-0.3, -0.25) is 0 Å². The molecule has 5 heteroatoms. The third kappa shape index (κ3) is 2.26. The Morgan fingerprint density at radius 2 is 1.90 bits per heavy atom. The molecule has 3 aromatic rings. The van der Waals surface area contributed by atoms with Gasteiger partial charge in [-0.05, 0) is 36.8 Å².